The van der Waals surface area contributed by atoms with Crippen molar-refractivity contribution >= 4 is 5.91 Å². The normalized spacial score (nSPS) is 13.9. The van der Waals surface area contributed by atoms with Crippen LogP contribution < -0.4 is 5.32 Å². The van der Waals surface area contributed by atoms with Gasteiger partial charge in [-0.2, -0.15) is 5.10 Å². The number of nitrogens with zero attached hydrogens (tertiary/aromatic N) is 2. The van der Waals surface area contributed by atoms with Crippen LogP contribution in [0.3, 0.4) is 0 Å². The number of aliphatic hydroxyl groups is 1. The SMILES string of the molecule is CCn1nc(C)c(C(=O)NC[C@@](C)(O)c2cc(C)oc2C)c1C. The van der Waals surface area contributed by atoms with Crippen molar-refractivity contribution in [2.24, 2.45) is 0 Å². The van der Waals surface area contributed by atoms with Crippen LogP contribution in [0.25, 0.3) is 0 Å². The van der Waals surface area contributed by atoms with Gasteiger partial charge >= 0.3 is 0 Å². The molecule has 126 valence electrons. The largest absolute Gasteiger partial charge is 0.466 e. The Morgan fingerprint density at radius 2 is 2.04 bits per heavy atom. The van der Waals surface area contributed by atoms with E-state index in [1.54, 1.807) is 24.6 Å². The van der Waals surface area contributed by atoms with Gasteiger partial charge in [-0.3, -0.25) is 9.48 Å². The van der Waals surface area contributed by atoms with E-state index in [4.69, 9.17) is 4.42 Å². The van der Waals surface area contributed by atoms with E-state index in [0.717, 1.165) is 11.5 Å². The first kappa shape index (κ1) is 17.3. The van der Waals surface area contributed by atoms with Gasteiger partial charge in [-0.15, -0.1) is 0 Å². The zero-order chi connectivity index (χ0) is 17.4. The number of hydrogen-bond donors (Lipinski definition) is 2. The number of rotatable bonds is 5. The molecule has 2 aromatic heterocycles. The smallest absolute Gasteiger partial charge is 0.255 e. The topological polar surface area (TPSA) is 80.3 Å². The van der Waals surface area contributed by atoms with Crippen LogP contribution in [0.1, 0.15) is 52.7 Å². The summed E-state index contributed by atoms with van der Waals surface area (Å²) in [5, 5.41) is 17.8. The number of carbonyl (C=O) groups excluding carboxylic acids is 1. The Bertz CT molecular complexity index is 726. The fraction of sp³-hybridized carbons (Fsp3) is 0.529. The van der Waals surface area contributed by atoms with Crippen LogP contribution in [-0.2, 0) is 12.1 Å². The predicted octanol–water partition coefficient (Wildman–Crippen LogP) is 2.37. The molecular weight excluding hydrogens is 294 g/mol. The van der Waals surface area contributed by atoms with E-state index >= 15 is 0 Å². The Kier molecular flexibility index (Phi) is 4.66. The summed E-state index contributed by atoms with van der Waals surface area (Å²) in [6.07, 6.45) is 0. The second-order valence-corrected chi connectivity index (χ2v) is 6.15. The fourth-order valence-corrected chi connectivity index (χ4v) is 2.93. The molecule has 0 aromatic carbocycles. The molecule has 0 fully saturated rings. The molecule has 0 radical (unpaired) electrons. The summed E-state index contributed by atoms with van der Waals surface area (Å²) in [5.41, 5.74) is 1.59. The van der Waals surface area contributed by atoms with Gasteiger partial charge in [-0.1, -0.05) is 0 Å². The molecule has 2 aromatic rings. The lowest BCUT2D eigenvalue weighted by molar-refractivity contribution is 0.0513. The Morgan fingerprint density at radius 3 is 2.52 bits per heavy atom. The summed E-state index contributed by atoms with van der Waals surface area (Å²) in [4.78, 5) is 12.5. The van der Waals surface area contributed by atoms with Crippen LogP contribution >= 0.6 is 0 Å². The first-order valence-corrected chi connectivity index (χ1v) is 7.79. The molecule has 1 amide bonds. The van der Waals surface area contributed by atoms with E-state index in [2.05, 4.69) is 10.4 Å². The molecule has 0 unspecified atom stereocenters. The molecule has 0 aliphatic heterocycles. The average Bonchev–Trinajstić information content (AvgIpc) is 2.95. The van der Waals surface area contributed by atoms with Crippen LogP contribution in [0, 0.1) is 27.7 Å². The summed E-state index contributed by atoms with van der Waals surface area (Å²) in [5.74, 6) is 1.17. The Balaban J connectivity index is 2.15. The molecule has 0 aliphatic rings. The van der Waals surface area contributed by atoms with E-state index in [9.17, 15) is 9.90 Å². The fourth-order valence-electron chi connectivity index (χ4n) is 2.93. The highest BCUT2D eigenvalue weighted by atomic mass is 16.3. The van der Waals surface area contributed by atoms with Crippen molar-refractivity contribution in [2.75, 3.05) is 6.54 Å². The highest BCUT2D eigenvalue weighted by Gasteiger charge is 2.29. The maximum absolute atomic E-state index is 12.5. The van der Waals surface area contributed by atoms with Crippen molar-refractivity contribution in [3.63, 3.8) is 0 Å². The van der Waals surface area contributed by atoms with Gasteiger partial charge in [-0.25, -0.2) is 0 Å². The summed E-state index contributed by atoms with van der Waals surface area (Å²) in [6, 6.07) is 1.80. The lowest BCUT2D eigenvalue weighted by Crippen LogP contribution is -2.39. The molecular formula is C17H25N3O3. The Hall–Kier alpha value is -2.08. The van der Waals surface area contributed by atoms with E-state index in [0.29, 0.717) is 29.1 Å². The lowest BCUT2D eigenvalue weighted by Gasteiger charge is -2.23. The molecule has 2 heterocycles. The molecule has 0 spiro atoms. The minimum atomic E-state index is -1.19. The molecule has 0 saturated heterocycles. The molecule has 0 saturated carbocycles. The van der Waals surface area contributed by atoms with Crippen LogP contribution in [-0.4, -0.2) is 27.3 Å². The average molecular weight is 319 g/mol. The summed E-state index contributed by atoms with van der Waals surface area (Å²) in [6.45, 7) is 11.8. The molecule has 2 rings (SSSR count). The number of aryl methyl sites for hydroxylation is 4. The zero-order valence-electron chi connectivity index (χ0n) is 14.6. The van der Waals surface area contributed by atoms with Gasteiger partial charge < -0.3 is 14.8 Å². The van der Waals surface area contributed by atoms with Crippen molar-refractivity contribution in [3.8, 4) is 0 Å². The lowest BCUT2D eigenvalue weighted by atomic mass is 9.96. The highest BCUT2D eigenvalue weighted by Crippen LogP contribution is 2.26. The third-order valence-electron chi connectivity index (χ3n) is 4.12. The van der Waals surface area contributed by atoms with Crippen molar-refractivity contribution < 1.29 is 14.3 Å². The Labute approximate surface area is 136 Å². The molecule has 0 bridgehead atoms. The summed E-state index contributed by atoms with van der Waals surface area (Å²) < 4.78 is 7.26. The molecule has 2 N–H and O–H groups in total. The van der Waals surface area contributed by atoms with Crippen LogP contribution in [0.5, 0.6) is 0 Å². The number of hydrogen-bond acceptors (Lipinski definition) is 4. The second-order valence-electron chi connectivity index (χ2n) is 6.15. The molecule has 0 aliphatic carbocycles. The van der Waals surface area contributed by atoms with Crippen molar-refractivity contribution in [3.05, 3.63) is 40.1 Å². The van der Waals surface area contributed by atoms with Gasteiger partial charge in [0.25, 0.3) is 5.91 Å². The zero-order valence-corrected chi connectivity index (χ0v) is 14.6. The van der Waals surface area contributed by atoms with E-state index in [-0.39, 0.29) is 12.5 Å². The van der Waals surface area contributed by atoms with Crippen LogP contribution in [0.4, 0.5) is 0 Å². The second kappa shape index (κ2) is 6.20. The monoisotopic (exact) mass is 319 g/mol. The van der Waals surface area contributed by atoms with Gasteiger partial charge in [0.2, 0.25) is 0 Å². The van der Waals surface area contributed by atoms with Gasteiger partial charge in [0.1, 0.15) is 17.1 Å². The van der Waals surface area contributed by atoms with Gasteiger partial charge in [0.05, 0.1) is 17.8 Å². The van der Waals surface area contributed by atoms with Crippen LogP contribution in [0.15, 0.2) is 10.5 Å². The summed E-state index contributed by atoms with van der Waals surface area (Å²) in [7, 11) is 0. The number of aromatic nitrogens is 2. The van der Waals surface area contributed by atoms with Crippen LogP contribution in [0.2, 0.25) is 0 Å². The van der Waals surface area contributed by atoms with Crippen molar-refractivity contribution in [2.45, 2.75) is 53.7 Å². The third kappa shape index (κ3) is 3.32. The van der Waals surface area contributed by atoms with Gasteiger partial charge in [0.15, 0.2) is 0 Å². The van der Waals surface area contributed by atoms with Gasteiger partial charge in [0, 0.05) is 17.8 Å². The number of furan rings is 1. The Morgan fingerprint density at radius 1 is 1.39 bits per heavy atom. The predicted molar refractivity (Wildman–Crippen MR) is 87.5 cm³/mol. The molecule has 23 heavy (non-hydrogen) atoms. The number of amides is 1. The number of carbonyl (C=O) groups is 1. The highest BCUT2D eigenvalue weighted by molar-refractivity contribution is 5.96. The molecule has 1 atom stereocenters. The quantitative estimate of drug-likeness (QED) is 0.886. The molecule has 6 nitrogen and oxygen atoms in total. The van der Waals surface area contributed by atoms with Crippen molar-refractivity contribution in [1.82, 2.24) is 15.1 Å². The third-order valence-corrected chi connectivity index (χ3v) is 4.12. The number of nitrogens with one attached hydrogen (secondary N) is 1. The van der Waals surface area contributed by atoms with E-state index < -0.39 is 5.60 Å². The summed E-state index contributed by atoms with van der Waals surface area (Å²) >= 11 is 0. The standard InChI is InChI=1S/C17H25N3O3/c1-7-20-12(4)15(11(3)19-20)16(21)18-9-17(6,22)14-8-10(2)23-13(14)5/h8,22H,7,9H2,1-6H3,(H,18,21)/t17-/m1/s1. The minimum absolute atomic E-state index is 0.0990. The maximum atomic E-state index is 12.5. The first-order chi connectivity index (χ1) is 10.7. The molecule has 6 heteroatoms. The van der Waals surface area contributed by atoms with Gasteiger partial charge in [-0.05, 0) is 47.6 Å². The van der Waals surface area contributed by atoms with E-state index in [1.807, 2.05) is 27.7 Å². The maximum Gasteiger partial charge on any atom is 0.255 e. The first-order valence-electron chi connectivity index (χ1n) is 7.79. The van der Waals surface area contributed by atoms with E-state index in [1.165, 1.54) is 0 Å². The minimum Gasteiger partial charge on any atom is -0.466 e. The van der Waals surface area contributed by atoms with Crippen molar-refractivity contribution in [1.29, 1.82) is 0 Å².